The molecule has 0 saturated carbocycles. The van der Waals surface area contributed by atoms with Crippen molar-refractivity contribution in [2.75, 3.05) is 12.0 Å². The molecular weight excluding hydrogens is 458 g/mol. The maximum Gasteiger partial charge on any atom is 0.231 e. The number of methoxy groups -OCH3 is 1. The molecule has 4 aromatic rings. The van der Waals surface area contributed by atoms with Crippen LogP contribution in [0.5, 0.6) is 5.75 Å². The van der Waals surface area contributed by atoms with Crippen molar-refractivity contribution >= 4 is 44.6 Å². The highest BCUT2D eigenvalue weighted by Crippen LogP contribution is 2.36. The first-order valence-electron chi connectivity index (χ1n) is 11.4. The smallest absolute Gasteiger partial charge is 0.231 e. The van der Waals surface area contributed by atoms with E-state index in [0.717, 1.165) is 32.7 Å². The number of rotatable bonds is 6. The lowest BCUT2D eigenvalue weighted by molar-refractivity contribution is -0.129. The summed E-state index contributed by atoms with van der Waals surface area (Å²) in [5.41, 5.74) is 3.80. The van der Waals surface area contributed by atoms with Crippen molar-refractivity contribution in [1.82, 2.24) is 9.88 Å². The Kier molecular flexibility index (Phi) is 6.33. The number of nitrogens with zero attached hydrogens (tertiary/aromatic N) is 3. The molecule has 0 bridgehead atoms. The van der Waals surface area contributed by atoms with Crippen LogP contribution in [0.15, 0.2) is 79.0 Å². The first-order chi connectivity index (χ1) is 17.0. The number of thiazole rings is 1. The topological polar surface area (TPSA) is 62.7 Å². The van der Waals surface area contributed by atoms with Gasteiger partial charge in [0, 0.05) is 13.1 Å². The molecule has 1 aliphatic rings. The Balaban J connectivity index is 1.52. The van der Waals surface area contributed by atoms with Crippen molar-refractivity contribution in [3.05, 3.63) is 95.7 Å². The zero-order chi connectivity index (χ0) is 24.4. The fraction of sp³-hybridized carbons (Fsp3) is 0.179. The Hall–Kier alpha value is -3.97. The molecule has 0 saturated heterocycles. The largest absolute Gasteiger partial charge is 0.497 e. The average molecular weight is 484 g/mol. The van der Waals surface area contributed by atoms with Crippen LogP contribution in [0.1, 0.15) is 36.1 Å². The van der Waals surface area contributed by atoms with Gasteiger partial charge in [-0.25, -0.2) is 4.98 Å². The third kappa shape index (κ3) is 4.68. The summed E-state index contributed by atoms with van der Waals surface area (Å²) in [6.07, 6.45) is 3.83. The molecular formula is C28H25N3O3S. The highest BCUT2D eigenvalue weighted by molar-refractivity contribution is 7.22. The van der Waals surface area contributed by atoms with E-state index in [1.165, 1.54) is 18.3 Å². The van der Waals surface area contributed by atoms with Crippen LogP contribution in [0.2, 0.25) is 0 Å². The van der Waals surface area contributed by atoms with Crippen molar-refractivity contribution < 1.29 is 14.3 Å². The summed E-state index contributed by atoms with van der Waals surface area (Å²) >= 11 is 1.46. The van der Waals surface area contributed by atoms with E-state index in [-0.39, 0.29) is 24.3 Å². The molecule has 1 aliphatic heterocycles. The van der Waals surface area contributed by atoms with Gasteiger partial charge >= 0.3 is 0 Å². The fourth-order valence-electron chi connectivity index (χ4n) is 4.35. The van der Waals surface area contributed by atoms with Crippen LogP contribution in [0, 0.1) is 0 Å². The van der Waals surface area contributed by atoms with Crippen LogP contribution in [-0.4, -0.2) is 28.8 Å². The molecule has 0 spiro atoms. The zero-order valence-electron chi connectivity index (χ0n) is 19.5. The van der Waals surface area contributed by atoms with Crippen LogP contribution in [-0.2, 0) is 16.1 Å². The standard InChI is InChI=1S/C28H25N3O3S/c1-19(32)30-15-14-21-10-6-7-11-23(21)25(30)17-27(33)31(18-20-8-4-3-5-9-20)28-29-24-13-12-22(34-2)16-26(24)35-28/h3-16,25H,17-18H2,1-2H3. The van der Waals surface area contributed by atoms with E-state index in [0.29, 0.717) is 11.7 Å². The maximum absolute atomic E-state index is 13.9. The van der Waals surface area contributed by atoms with Crippen molar-refractivity contribution in [3.8, 4) is 5.75 Å². The zero-order valence-corrected chi connectivity index (χ0v) is 20.4. The number of fused-ring (bicyclic) bond motifs is 2. The second kappa shape index (κ2) is 9.72. The van der Waals surface area contributed by atoms with Gasteiger partial charge in [-0.3, -0.25) is 14.5 Å². The first kappa shape index (κ1) is 22.8. The van der Waals surface area contributed by atoms with Gasteiger partial charge in [0.05, 0.1) is 36.3 Å². The Labute approximate surface area is 208 Å². The molecule has 3 aromatic carbocycles. The Morgan fingerprint density at radius 3 is 2.60 bits per heavy atom. The molecule has 35 heavy (non-hydrogen) atoms. The molecule has 1 atom stereocenters. The highest BCUT2D eigenvalue weighted by Gasteiger charge is 2.31. The summed E-state index contributed by atoms with van der Waals surface area (Å²) in [6, 6.07) is 23.1. The number of aromatic nitrogens is 1. The molecule has 176 valence electrons. The lowest BCUT2D eigenvalue weighted by Gasteiger charge is -2.33. The number of hydrogen-bond donors (Lipinski definition) is 0. The molecule has 5 rings (SSSR count). The lowest BCUT2D eigenvalue weighted by Crippen LogP contribution is -2.37. The fourth-order valence-corrected chi connectivity index (χ4v) is 5.36. The third-order valence-corrected chi connectivity index (χ3v) is 7.18. The van der Waals surface area contributed by atoms with Crippen molar-refractivity contribution in [1.29, 1.82) is 0 Å². The summed E-state index contributed by atoms with van der Waals surface area (Å²) < 4.78 is 6.30. The summed E-state index contributed by atoms with van der Waals surface area (Å²) in [4.78, 5) is 34.5. The van der Waals surface area contributed by atoms with E-state index < -0.39 is 0 Å². The molecule has 6 nitrogen and oxygen atoms in total. The van der Waals surface area contributed by atoms with Gasteiger partial charge in [-0.05, 0) is 41.0 Å². The molecule has 0 fully saturated rings. The molecule has 2 heterocycles. The van der Waals surface area contributed by atoms with Crippen LogP contribution < -0.4 is 9.64 Å². The minimum absolute atomic E-state index is 0.0961. The van der Waals surface area contributed by atoms with Crippen LogP contribution >= 0.6 is 11.3 Å². The number of amides is 2. The van der Waals surface area contributed by atoms with E-state index in [1.807, 2.05) is 78.9 Å². The van der Waals surface area contributed by atoms with Crippen LogP contribution in [0.25, 0.3) is 16.3 Å². The number of ether oxygens (including phenoxy) is 1. The number of anilines is 1. The second-order valence-electron chi connectivity index (χ2n) is 8.39. The van der Waals surface area contributed by atoms with Gasteiger partial charge in [0.2, 0.25) is 11.8 Å². The number of benzene rings is 3. The van der Waals surface area contributed by atoms with Gasteiger partial charge in [-0.15, -0.1) is 0 Å². The molecule has 0 aliphatic carbocycles. The van der Waals surface area contributed by atoms with Gasteiger partial charge in [0.25, 0.3) is 0 Å². The normalized spacial score (nSPS) is 14.6. The summed E-state index contributed by atoms with van der Waals surface area (Å²) in [7, 11) is 1.63. The van der Waals surface area contributed by atoms with Gasteiger partial charge in [-0.2, -0.15) is 0 Å². The summed E-state index contributed by atoms with van der Waals surface area (Å²) in [5.74, 6) is 0.549. The summed E-state index contributed by atoms with van der Waals surface area (Å²) in [6.45, 7) is 1.92. The minimum atomic E-state index is -0.381. The second-order valence-corrected chi connectivity index (χ2v) is 9.40. The van der Waals surface area contributed by atoms with Gasteiger partial charge < -0.3 is 9.64 Å². The van der Waals surface area contributed by atoms with Gasteiger partial charge in [0.1, 0.15) is 5.75 Å². The van der Waals surface area contributed by atoms with Crippen molar-refractivity contribution in [2.24, 2.45) is 0 Å². The number of hydrogen-bond acceptors (Lipinski definition) is 5. The van der Waals surface area contributed by atoms with Crippen LogP contribution in [0.3, 0.4) is 0 Å². The van der Waals surface area contributed by atoms with E-state index in [4.69, 9.17) is 9.72 Å². The molecule has 0 N–H and O–H groups in total. The molecule has 2 amide bonds. The minimum Gasteiger partial charge on any atom is -0.497 e. The predicted octanol–water partition coefficient (Wildman–Crippen LogP) is 5.80. The van der Waals surface area contributed by atoms with Crippen molar-refractivity contribution in [3.63, 3.8) is 0 Å². The quantitative estimate of drug-likeness (QED) is 0.348. The van der Waals surface area contributed by atoms with E-state index in [1.54, 1.807) is 23.1 Å². The third-order valence-electron chi connectivity index (χ3n) is 6.14. The lowest BCUT2D eigenvalue weighted by atomic mass is 9.93. The highest BCUT2D eigenvalue weighted by atomic mass is 32.1. The first-order valence-corrected chi connectivity index (χ1v) is 12.2. The van der Waals surface area contributed by atoms with Gasteiger partial charge in [-0.1, -0.05) is 65.9 Å². The summed E-state index contributed by atoms with van der Waals surface area (Å²) in [5, 5.41) is 0.621. The predicted molar refractivity (Wildman–Crippen MR) is 139 cm³/mol. The Morgan fingerprint density at radius 2 is 1.83 bits per heavy atom. The van der Waals surface area contributed by atoms with E-state index in [9.17, 15) is 9.59 Å². The van der Waals surface area contributed by atoms with Crippen LogP contribution in [0.4, 0.5) is 5.13 Å². The Bertz CT molecular complexity index is 1410. The SMILES string of the molecule is COc1ccc2nc(N(Cc3ccccc3)C(=O)CC3c4ccccc4C=CN3C(C)=O)sc2c1. The van der Waals surface area contributed by atoms with Crippen molar-refractivity contribution in [2.45, 2.75) is 25.9 Å². The van der Waals surface area contributed by atoms with E-state index >= 15 is 0 Å². The average Bonchev–Trinajstić information content (AvgIpc) is 3.30. The maximum atomic E-state index is 13.9. The number of carbonyl (C=O) groups is 2. The molecule has 1 aromatic heterocycles. The molecule has 7 heteroatoms. The van der Waals surface area contributed by atoms with Gasteiger partial charge in [0.15, 0.2) is 5.13 Å². The number of carbonyl (C=O) groups excluding carboxylic acids is 2. The molecule has 1 unspecified atom stereocenters. The van der Waals surface area contributed by atoms with E-state index in [2.05, 4.69) is 0 Å². The molecule has 0 radical (unpaired) electrons. The monoisotopic (exact) mass is 483 g/mol. The Morgan fingerprint density at radius 1 is 1.06 bits per heavy atom.